The van der Waals surface area contributed by atoms with Crippen molar-refractivity contribution in [2.24, 2.45) is 0 Å². The van der Waals surface area contributed by atoms with Crippen LogP contribution in [0.5, 0.6) is 0 Å². The molecule has 0 saturated carbocycles. The average Bonchev–Trinajstić information content (AvgIpc) is 3.23. The Morgan fingerprint density at radius 1 is 1.17 bits per heavy atom. The highest BCUT2D eigenvalue weighted by atomic mass is 16.5. The molecule has 4 rings (SSSR count). The Morgan fingerprint density at radius 3 is 2.76 bits per heavy atom. The maximum atomic E-state index is 12.8. The second-order valence-electron chi connectivity index (χ2n) is 7.13. The van der Waals surface area contributed by atoms with Gasteiger partial charge in [0, 0.05) is 57.3 Å². The predicted molar refractivity (Wildman–Crippen MR) is 107 cm³/mol. The maximum absolute atomic E-state index is 12.8. The molecular formula is C20H23N7O2. The second kappa shape index (κ2) is 8.36. The molecule has 9 nitrogen and oxygen atoms in total. The molecule has 1 aliphatic heterocycles. The van der Waals surface area contributed by atoms with Crippen molar-refractivity contribution in [3.8, 4) is 11.3 Å². The van der Waals surface area contributed by atoms with E-state index < -0.39 is 0 Å². The first-order valence-corrected chi connectivity index (χ1v) is 9.47. The fourth-order valence-electron chi connectivity index (χ4n) is 3.17. The number of likely N-dealkylation sites (N-methyl/N-ethyl adjacent to an activating group) is 1. The molecule has 4 heterocycles. The maximum Gasteiger partial charge on any atom is 0.274 e. The molecule has 1 aliphatic rings. The molecule has 0 atom stereocenters. The van der Waals surface area contributed by atoms with Crippen LogP contribution in [0.1, 0.15) is 16.2 Å². The Morgan fingerprint density at radius 2 is 2.00 bits per heavy atom. The third-order valence-electron chi connectivity index (χ3n) is 4.93. The molecule has 0 bridgehead atoms. The number of hydrogen-bond donors (Lipinski definition) is 0. The lowest BCUT2D eigenvalue weighted by molar-refractivity contribution is 0.0658. The van der Waals surface area contributed by atoms with E-state index in [-0.39, 0.29) is 5.91 Å². The Balaban J connectivity index is 1.44. The number of amides is 1. The number of piperazine rings is 1. The first-order chi connectivity index (χ1) is 14.1. The summed E-state index contributed by atoms with van der Waals surface area (Å²) < 4.78 is 5.45. The zero-order valence-corrected chi connectivity index (χ0v) is 16.5. The van der Waals surface area contributed by atoms with E-state index in [1.165, 1.54) is 6.20 Å². The van der Waals surface area contributed by atoms with Crippen LogP contribution in [0.2, 0.25) is 0 Å². The molecule has 3 aromatic rings. The van der Waals surface area contributed by atoms with E-state index in [0.717, 1.165) is 24.3 Å². The molecular weight excluding hydrogens is 370 g/mol. The van der Waals surface area contributed by atoms with Crippen LogP contribution in [0.15, 0.2) is 47.5 Å². The molecule has 150 valence electrons. The van der Waals surface area contributed by atoms with Crippen molar-refractivity contribution in [3.63, 3.8) is 0 Å². The number of rotatable bonds is 5. The molecule has 9 heteroatoms. The summed E-state index contributed by atoms with van der Waals surface area (Å²) in [6.45, 7) is 3.58. The third-order valence-corrected chi connectivity index (χ3v) is 4.93. The summed E-state index contributed by atoms with van der Waals surface area (Å²) in [5.41, 5.74) is 1.98. The van der Waals surface area contributed by atoms with Crippen molar-refractivity contribution in [3.05, 3.63) is 54.4 Å². The topological polar surface area (TPSA) is 91.5 Å². The van der Waals surface area contributed by atoms with Gasteiger partial charge in [-0.2, -0.15) is 0 Å². The number of carbonyl (C=O) groups is 1. The Labute approximate surface area is 169 Å². The summed E-state index contributed by atoms with van der Waals surface area (Å²) in [4.78, 5) is 31.5. The fourth-order valence-corrected chi connectivity index (χ4v) is 3.17. The quantitative estimate of drug-likeness (QED) is 0.645. The monoisotopic (exact) mass is 393 g/mol. The van der Waals surface area contributed by atoms with Crippen LogP contribution in [-0.2, 0) is 6.54 Å². The van der Waals surface area contributed by atoms with E-state index >= 15 is 0 Å². The van der Waals surface area contributed by atoms with Gasteiger partial charge in [0.1, 0.15) is 17.2 Å². The first-order valence-electron chi connectivity index (χ1n) is 9.47. The second-order valence-corrected chi connectivity index (χ2v) is 7.13. The summed E-state index contributed by atoms with van der Waals surface area (Å²) in [5.74, 6) is 1.20. The van der Waals surface area contributed by atoms with Crippen LogP contribution in [0.25, 0.3) is 11.3 Å². The van der Waals surface area contributed by atoms with E-state index in [1.54, 1.807) is 18.6 Å². The summed E-state index contributed by atoms with van der Waals surface area (Å²) in [6, 6.07) is 5.66. The van der Waals surface area contributed by atoms with Crippen LogP contribution in [0.4, 0.5) is 5.82 Å². The number of hydrogen-bond acceptors (Lipinski definition) is 8. The summed E-state index contributed by atoms with van der Waals surface area (Å²) in [6.07, 6.45) is 6.61. The Kier molecular flexibility index (Phi) is 5.48. The summed E-state index contributed by atoms with van der Waals surface area (Å²) in [5, 5.41) is 4.10. The van der Waals surface area contributed by atoms with Crippen LogP contribution >= 0.6 is 0 Å². The van der Waals surface area contributed by atoms with E-state index in [2.05, 4.69) is 32.1 Å². The SMILES string of the molecule is CN1CCN(C(=O)c2cncc(N(C)Cc3cc(-c4cccnc4)no3)n2)CC1. The highest BCUT2D eigenvalue weighted by Gasteiger charge is 2.22. The van der Waals surface area contributed by atoms with E-state index in [0.29, 0.717) is 36.9 Å². The van der Waals surface area contributed by atoms with Gasteiger partial charge in [-0.25, -0.2) is 4.98 Å². The van der Waals surface area contributed by atoms with Gasteiger partial charge in [0.25, 0.3) is 5.91 Å². The number of aromatic nitrogens is 4. The van der Waals surface area contributed by atoms with Gasteiger partial charge in [0.15, 0.2) is 5.76 Å². The van der Waals surface area contributed by atoms with E-state index in [4.69, 9.17) is 4.52 Å². The lowest BCUT2D eigenvalue weighted by Crippen LogP contribution is -2.47. The van der Waals surface area contributed by atoms with Gasteiger partial charge < -0.3 is 19.2 Å². The smallest absolute Gasteiger partial charge is 0.274 e. The number of nitrogens with zero attached hydrogens (tertiary/aromatic N) is 7. The zero-order valence-electron chi connectivity index (χ0n) is 16.5. The fraction of sp³-hybridized carbons (Fsp3) is 0.350. The van der Waals surface area contributed by atoms with E-state index in [9.17, 15) is 4.79 Å². The largest absolute Gasteiger partial charge is 0.359 e. The highest BCUT2D eigenvalue weighted by Crippen LogP contribution is 2.20. The molecule has 0 aromatic carbocycles. The van der Waals surface area contributed by atoms with Gasteiger partial charge in [-0.15, -0.1) is 0 Å². The van der Waals surface area contributed by atoms with Crippen LogP contribution in [0.3, 0.4) is 0 Å². The standard InChI is InChI=1S/C20H23N7O2/c1-25-6-8-27(9-7-25)20(28)18-12-22-13-19(23-18)26(2)14-16-10-17(24-29-16)15-4-3-5-21-11-15/h3-5,10-13H,6-9,14H2,1-2H3. The Bertz CT molecular complexity index is 968. The van der Waals surface area contributed by atoms with Crippen LogP contribution in [0, 0.1) is 0 Å². The predicted octanol–water partition coefficient (Wildman–Crippen LogP) is 1.55. The van der Waals surface area contributed by atoms with Gasteiger partial charge in [-0.1, -0.05) is 5.16 Å². The number of pyridine rings is 1. The highest BCUT2D eigenvalue weighted by molar-refractivity contribution is 5.92. The minimum absolute atomic E-state index is 0.0839. The molecule has 29 heavy (non-hydrogen) atoms. The third kappa shape index (κ3) is 4.40. The zero-order chi connectivity index (χ0) is 20.2. The number of anilines is 1. The lowest BCUT2D eigenvalue weighted by atomic mass is 10.2. The Hall–Kier alpha value is -3.33. The number of carbonyl (C=O) groups excluding carboxylic acids is 1. The molecule has 0 N–H and O–H groups in total. The molecule has 1 fully saturated rings. The molecule has 3 aromatic heterocycles. The van der Waals surface area contributed by atoms with Gasteiger partial charge in [-0.05, 0) is 19.2 Å². The molecule has 1 amide bonds. The lowest BCUT2D eigenvalue weighted by Gasteiger charge is -2.32. The summed E-state index contributed by atoms with van der Waals surface area (Å²) in [7, 11) is 3.93. The van der Waals surface area contributed by atoms with Gasteiger partial charge >= 0.3 is 0 Å². The van der Waals surface area contributed by atoms with Crippen molar-refractivity contribution in [1.82, 2.24) is 29.9 Å². The van der Waals surface area contributed by atoms with Crippen molar-refractivity contribution in [2.75, 3.05) is 45.2 Å². The minimum Gasteiger partial charge on any atom is -0.359 e. The first kappa shape index (κ1) is 19.0. The van der Waals surface area contributed by atoms with Crippen molar-refractivity contribution >= 4 is 11.7 Å². The minimum atomic E-state index is -0.0839. The normalized spacial score (nSPS) is 14.8. The van der Waals surface area contributed by atoms with Gasteiger partial charge in [0.2, 0.25) is 0 Å². The van der Waals surface area contributed by atoms with Crippen molar-refractivity contribution in [1.29, 1.82) is 0 Å². The summed E-state index contributed by atoms with van der Waals surface area (Å²) >= 11 is 0. The van der Waals surface area contributed by atoms with Crippen LogP contribution in [-0.4, -0.2) is 76.1 Å². The van der Waals surface area contributed by atoms with Crippen LogP contribution < -0.4 is 4.90 Å². The molecule has 0 radical (unpaired) electrons. The molecule has 0 aliphatic carbocycles. The molecule has 0 spiro atoms. The van der Waals surface area contributed by atoms with Gasteiger partial charge in [-0.3, -0.25) is 14.8 Å². The average molecular weight is 393 g/mol. The molecule has 0 unspecified atom stereocenters. The van der Waals surface area contributed by atoms with Crippen molar-refractivity contribution in [2.45, 2.75) is 6.54 Å². The van der Waals surface area contributed by atoms with Gasteiger partial charge in [0.05, 0.1) is 18.9 Å². The van der Waals surface area contributed by atoms with Crippen molar-refractivity contribution < 1.29 is 9.32 Å². The van der Waals surface area contributed by atoms with E-state index in [1.807, 2.05) is 35.0 Å². The molecule has 1 saturated heterocycles.